The van der Waals surface area contributed by atoms with Crippen molar-refractivity contribution in [1.82, 2.24) is 14.3 Å². The number of unbranched alkanes of at least 4 members (excludes halogenated alkanes) is 1. The second-order valence-corrected chi connectivity index (χ2v) is 7.31. The number of carbonyl (C=O) groups excluding carboxylic acids is 1. The second-order valence-electron chi connectivity index (χ2n) is 7.31. The van der Waals surface area contributed by atoms with Crippen LogP contribution in [0.15, 0.2) is 35.6 Å². The lowest BCUT2D eigenvalue weighted by atomic mass is 10.2. The number of hydrogen-bond acceptors (Lipinski definition) is 4. The summed E-state index contributed by atoms with van der Waals surface area (Å²) in [7, 11) is 0. The monoisotopic (exact) mass is 356 g/mol. The molecule has 138 valence electrons. The SMILES string of the molecule is CCCCn1cc2nc3cc/c(=N/C(=O)OC(C)(C)C)cc-3n(O)c2c1. The molecule has 7 heteroatoms. The zero-order chi connectivity index (χ0) is 18.9. The van der Waals surface area contributed by atoms with Gasteiger partial charge in [-0.05, 0) is 45.4 Å². The van der Waals surface area contributed by atoms with Crippen LogP contribution in [-0.2, 0) is 11.3 Å². The lowest BCUT2D eigenvalue weighted by molar-refractivity contribution is 0.0597. The van der Waals surface area contributed by atoms with E-state index in [-0.39, 0.29) is 0 Å². The molecule has 1 amide bonds. The molecule has 0 radical (unpaired) electrons. The fraction of sp³-hybridized carbons (Fsp3) is 0.421. The summed E-state index contributed by atoms with van der Waals surface area (Å²) in [5.74, 6) is 0. The Hall–Kier alpha value is -2.83. The highest BCUT2D eigenvalue weighted by atomic mass is 16.6. The third-order valence-corrected chi connectivity index (χ3v) is 3.88. The number of benzene rings is 1. The Morgan fingerprint density at radius 2 is 2.08 bits per heavy atom. The molecule has 26 heavy (non-hydrogen) atoms. The van der Waals surface area contributed by atoms with Crippen LogP contribution in [0.2, 0.25) is 0 Å². The molecule has 7 nitrogen and oxygen atoms in total. The maximum Gasteiger partial charge on any atom is 0.434 e. The van der Waals surface area contributed by atoms with E-state index in [0.717, 1.165) is 24.1 Å². The van der Waals surface area contributed by atoms with Crippen molar-refractivity contribution in [2.45, 2.75) is 52.7 Å². The predicted molar refractivity (Wildman–Crippen MR) is 98.2 cm³/mol. The molecule has 0 saturated carbocycles. The third kappa shape index (κ3) is 3.87. The first kappa shape index (κ1) is 18.0. The number of amides is 1. The average molecular weight is 356 g/mol. The molecule has 3 rings (SSSR count). The van der Waals surface area contributed by atoms with Gasteiger partial charge in [-0.15, -0.1) is 0 Å². The molecule has 0 aromatic carbocycles. The molecular weight excluding hydrogens is 332 g/mol. The standard InChI is InChI=1S/C19H24N4O3/c1-5-6-9-22-11-15-17(12-22)23(25)16-10-13(7-8-14(16)21-15)20-18(24)26-19(2,3)4/h7-8,10-12,25H,5-6,9H2,1-4H3/b20-13-. The molecule has 0 spiro atoms. The first-order chi connectivity index (χ1) is 12.3. The van der Waals surface area contributed by atoms with Gasteiger partial charge < -0.3 is 14.5 Å². The second kappa shape index (κ2) is 6.82. The van der Waals surface area contributed by atoms with Gasteiger partial charge in [0.25, 0.3) is 0 Å². The molecule has 1 N–H and O–H groups in total. The van der Waals surface area contributed by atoms with E-state index in [1.54, 1.807) is 39.0 Å². The van der Waals surface area contributed by atoms with Crippen molar-refractivity contribution in [2.24, 2.45) is 4.99 Å². The number of aromatic nitrogens is 3. The van der Waals surface area contributed by atoms with Crippen LogP contribution < -0.4 is 5.36 Å². The number of nitrogens with zero attached hydrogens (tertiary/aromatic N) is 4. The van der Waals surface area contributed by atoms with Gasteiger partial charge in [0, 0.05) is 18.9 Å². The third-order valence-electron chi connectivity index (χ3n) is 3.88. The number of carbonyl (C=O) groups is 1. The van der Waals surface area contributed by atoms with E-state index >= 15 is 0 Å². The van der Waals surface area contributed by atoms with Gasteiger partial charge in [-0.25, -0.2) is 9.78 Å². The average Bonchev–Trinajstić information content (AvgIpc) is 2.95. The summed E-state index contributed by atoms with van der Waals surface area (Å²) in [5, 5.41) is 11.0. The first-order valence-electron chi connectivity index (χ1n) is 8.76. The lowest BCUT2D eigenvalue weighted by Gasteiger charge is -2.17. The number of rotatable bonds is 3. The summed E-state index contributed by atoms with van der Waals surface area (Å²) in [6.07, 6.45) is 5.29. The molecule has 2 aliphatic rings. The Kier molecular flexibility index (Phi) is 4.71. The molecule has 0 saturated heterocycles. The Morgan fingerprint density at radius 1 is 1.31 bits per heavy atom. The molecule has 1 aliphatic heterocycles. The van der Waals surface area contributed by atoms with Crippen molar-refractivity contribution >= 4 is 17.1 Å². The zero-order valence-corrected chi connectivity index (χ0v) is 15.6. The largest absolute Gasteiger partial charge is 0.442 e. The minimum Gasteiger partial charge on any atom is -0.442 e. The minimum atomic E-state index is -0.666. The Balaban J connectivity index is 2.04. The summed E-state index contributed by atoms with van der Waals surface area (Å²) in [4.78, 5) is 20.4. The van der Waals surface area contributed by atoms with E-state index in [2.05, 4.69) is 16.9 Å². The predicted octanol–water partition coefficient (Wildman–Crippen LogP) is 3.82. The van der Waals surface area contributed by atoms with Gasteiger partial charge in [0.1, 0.15) is 22.3 Å². The van der Waals surface area contributed by atoms with E-state index in [4.69, 9.17) is 4.74 Å². The molecule has 0 unspecified atom stereocenters. The molecule has 2 heterocycles. The highest BCUT2D eigenvalue weighted by molar-refractivity contribution is 5.79. The van der Waals surface area contributed by atoms with Crippen LogP contribution in [0, 0.1) is 0 Å². The summed E-state index contributed by atoms with van der Waals surface area (Å²) in [6, 6.07) is 5.03. The van der Waals surface area contributed by atoms with Crippen LogP contribution in [0.25, 0.3) is 22.4 Å². The molecule has 1 aliphatic carbocycles. The molecule has 0 atom stereocenters. The smallest absolute Gasteiger partial charge is 0.434 e. The van der Waals surface area contributed by atoms with Crippen molar-refractivity contribution < 1.29 is 14.7 Å². The topological polar surface area (TPSA) is 81.6 Å². The summed E-state index contributed by atoms with van der Waals surface area (Å²) < 4.78 is 8.32. The van der Waals surface area contributed by atoms with Gasteiger partial charge in [0.05, 0.1) is 11.1 Å². The van der Waals surface area contributed by atoms with Crippen molar-refractivity contribution in [2.75, 3.05) is 0 Å². The van der Waals surface area contributed by atoms with Gasteiger partial charge >= 0.3 is 6.09 Å². The highest BCUT2D eigenvalue weighted by Gasteiger charge is 2.16. The van der Waals surface area contributed by atoms with Crippen molar-refractivity contribution in [3.05, 3.63) is 36.0 Å². The van der Waals surface area contributed by atoms with E-state index < -0.39 is 11.7 Å². The number of aryl methyl sites for hydroxylation is 1. The molecular formula is C19H24N4O3. The first-order valence-corrected chi connectivity index (χ1v) is 8.76. The van der Waals surface area contributed by atoms with Crippen LogP contribution in [-0.4, -0.2) is 31.2 Å². The summed E-state index contributed by atoms with van der Waals surface area (Å²) in [6.45, 7) is 8.37. The Labute approximate surface area is 151 Å². The molecule has 1 aromatic rings. The van der Waals surface area contributed by atoms with E-state index in [1.165, 1.54) is 0 Å². The van der Waals surface area contributed by atoms with E-state index in [9.17, 15) is 10.0 Å². The minimum absolute atomic E-state index is 0.404. The van der Waals surface area contributed by atoms with Crippen LogP contribution in [0.4, 0.5) is 4.79 Å². The Bertz CT molecular complexity index is 979. The molecule has 1 aromatic heterocycles. The summed E-state index contributed by atoms with van der Waals surface area (Å²) >= 11 is 0. The van der Waals surface area contributed by atoms with Gasteiger partial charge in [-0.3, -0.25) is 0 Å². The Morgan fingerprint density at radius 3 is 2.77 bits per heavy atom. The summed E-state index contributed by atoms with van der Waals surface area (Å²) in [5.41, 5.74) is 1.83. The maximum absolute atomic E-state index is 11.9. The van der Waals surface area contributed by atoms with Crippen LogP contribution >= 0.6 is 0 Å². The fourth-order valence-electron chi connectivity index (χ4n) is 2.70. The number of ether oxygens (including phenoxy) is 1. The fourth-order valence-corrected chi connectivity index (χ4v) is 2.70. The lowest BCUT2D eigenvalue weighted by Crippen LogP contribution is -2.23. The highest BCUT2D eigenvalue weighted by Crippen LogP contribution is 2.23. The number of hydrogen-bond donors (Lipinski definition) is 1. The van der Waals surface area contributed by atoms with Crippen molar-refractivity contribution in [1.29, 1.82) is 0 Å². The van der Waals surface area contributed by atoms with E-state index in [0.29, 0.717) is 27.8 Å². The van der Waals surface area contributed by atoms with Gasteiger partial charge in [0.2, 0.25) is 0 Å². The zero-order valence-electron chi connectivity index (χ0n) is 15.6. The quantitative estimate of drug-likeness (QED) is 0.723. The van der Waals surface area contributed by atoms with Gasteiger partial charge in [-0.1, -0.05) is 13.3 Å². The van der Waals surface area contributed by atoms with Crippen molar-refractivity contribution in [3.63, 3.8) is 0 Å². The molecule has 0 fully saturated rings. The maximum atomic E-state index is 11.9. The van der Waals surface area contributed by atoms with Crippen LogP contribution in [0.5, 0.6) is 0 Å². The number of fused-ring (bicyclic) bond motifs is 2. The normalized spacial score (nSPS) is 12.8. The van der Waals surface area contributed by atoms with Gasteiger partial charge in [0.15, 0.2) is 0 Å². The van der Waals surface area contributed by atoms with E-state index in [1.807, 2.05) is 17.0 Å². The molecule has 0 bridgehead atoms. The van der Waals surface area contributed by atoms with Crippen molar-refractivity contribution in [3.8, 4) is 11.4 Å². The van der Waals surface area contributed by atoms with Crippen LogP contribution in [0.3, 0.4) is 0 Å². The van der Waals surface area contributed by atoms with Gasteiger partial charge in [-0.2, -0.15) is 9.72 Å². The van der Waals surface area contributed by atoms with Crippen LogP contribution in [0.1, 0.15) is 40.5 Å².